The Kier molecular flexibility index (Phi) is 6.00. The van der Waals surface area contributed by atoms with Crippen molar-refractivity contribution in [1.82, 2.24) is 14.9 Å². The van der Waals surface area contributed by atoms with Gasteiger partial charge in [-0.25, -0.2) is 4.79 Å². The van der Waals surface area contributed by atoms with E-state index < -0.39 is 0 Å². The van der Waals surface area contributed by atoms with Crippen LogP contribution < -0.4 is 5.69 Å². The van der Waals surface area contributed by atoms with E-state index in [9.17, 15) is 9.59 Å². The summed E-state index contributed by atoms with van der Waals surface area (Å²) in [5.74, 6) is 0.0509. The highest BCUT2D eigenvalue weighted by molar-refractivity contribution is 7.10. The molecule has 0 saturated carbocycles. The van der Waals surface area contributed by atoms with Crippen LogP contribution in [0.3, 0.4) is 0 Å². The third kappa shape index (κ3) is 4.68. The molecule has 7 heteroatoms. The van der Waals surface area contributed by atoms with Crippen molar-refractivity contribution in [2.24, 2.45) is 0 Å². The van der Waals surface area contributed by atoms with E-state index in [4.69, 9.17) is 0 Å². The van der Waals surface area contributed by atoms with Gasteiger partial charge in [0.25, 0.3) is 0 Å². The van der Waals surface area contributed by atoms with Crippen LogP contribution in [0.5, 0.6) is 0 Å². The molecule has 3 aromatic rings. The lowest BCUT2D eigenvalue weighted by atomic mass is 10.1. The molecule has 0 aliphatic heterocycles. The number of aromatic nitrogens is 2. The monoisotopic (exact) mass is 387 g/mol. The van der Waals surface area contributed by atoms with Crippen LogP contribution in [-0.2, 0) is 24.2 Å². The molecule has 0 saturated heterocycles. The highest BCUT2D eigenvalue weighted by Gasteiger charge is 2.18. The Morgan fingerprint density at radius 2 is 1.85 bits per heavy atom. The van der Waals surface area contributed by atoms with E-state index in [2.05, 4.69) is 21.4 Å². The van der Waals surface area contributed by atoms with Gasteiger partial charge >= 0.3 is 5.69 Å². The molecule has 3 heterocycles. The Hall–Kier alpha value is -2.25. The van der Waals surface area contributed by atoms with Gasteiger partial charge in [0, 0.05) is 33.3 Å². The van der Waals surface area contributed by atoms with Crippen LogP contribution in [0.4, 0.5) is 0 Å². The van der Waals surface area contributed by atoms with Crippen LogP contribution in [0.1, 0.15) is 26.7 Å². The smallest absolute Gasteiger partial charge is 0.337 e. The Bertz CT molecular complexity index is 889. The summed E-state index contributed by atoms with van der Waals surface area (Å²) in [6.07, 6.45) is 1.09. The Labute approximate surface area is 160 Å². The number of H-pyrrole nitrogens is 1. The van der Waals surface area contributed by atoms with Gasteiger partial charge in [-0.05, 0) is 43.2 Å². The number of hydrogen-bond acceptors (Lipinski definition) is 5. The van der Waals surface area contributed by atoms with Crippen molar-refractivity contribution in [3.63, 3.8) is 0 Å². The van der Waals surface area contributed by atoms with Gasteiger partial charge in [-0.15, -0.1) is 22.7 Å². The summed E-state index contributed by atoms with van der Waals surface area (Å²) in [6, 6.07) is 8.18. The molecule has 0 bridgehead atoms. The predicted molar refractivity (Wildman–Crippen MR) is 106 cm³/mol. The second-order valence-corrected chi connectivity index (χ2v) is 8.20. The van der Waals surface area contributed by atoms with E-state index in [0.717, 1.165) is 16.9 Å². The average molecular weight is 388 g/mol. The number of rotatable bonds is 7. The van der Waals surface area contributed by atoms with Gasteiger partial charge in [0.15, 0.2) is 0 Å². The highest BCUT2D eigenvalue weighted by Crippen LogP contribution is 2.17. The molecule has 5 nitrogen and oxygen atoms in total. The molecule has 0 radical (unpaired) electrons. The highest BCUT2D eigenvalue weighted by atomic mass is 32.1. The zero-order valence-corrected chi connectivity index (χ0v) is 16.5. The van der Waals surface area contributed by atoms with Gasteiger partial charge in [-0.1, -0.05) is 12.1 Å². The number of nitrogens with zero attached hydrogens (tertiary/aromatic N) is 2. The van der Waals surface area contributed by atoms with E-state index in [0.29, 0.717) is 24.5 Å². The fourth-order valence-corrected chi connectivity index (χ4v) is 4.28. The average Bonchev–Trinajstić information content (AvgIpc) is 3.28. The topological polar surface area (TPSA) is 66.1 Å². The van der Waals surface area contributed by atoms with Crippen LogP contribution in [0.15, 0.2) is 39.8 Å². The van der Waals surface area contributed by atoms with Crippen molar-refractivity contribution in [1.29, 1.82) is 0 Å². The lowest BCUT2D eigenvalue weighted by molar-refractivity contribution is -0.131. The number of hydrogen-bond donors (Lipinski definition) is 1. The summed E-state index contributed by atoms with van der Waals surface area (Å²) in [4.78, 5) is 35.4. The standard InChI is InChI=1S/C19H21N3O2S2/c1-13-17(14(2)21-19(24)20-13)11-18(23)22(12-16-6-4-10-26-16)8-7-15-5-3-9-25-15/h3-6,9-10H,7-8,11-12H2,1-2H3,(H,20,21,24). The summed E-state index contributed by atoms with van der Waals surface area (Å²) in [7, 11) is 0. The van der Waals surface area contributed by atoms with E-state index in [1.807, 2.05) is 35.4 Å². The van der Waals surface area contributed by atoms with Crippen molar-refractivity contribution >= 4 is 28.6 Å². The Morgan fingerprint density at radius 3 is 2.46 bits per heavy atom. The summed E-state index contributed by atoms with van der Waals surface area (Å²) in [5.41, 5.74) is 1.77. The second kappa shape index (κ2) is 8.42. The molecule has 0 fully saturated rings. The Morgan fingerprint density at radius 1 is 1.15 bits per heavy atom. The first-order valence-electron chi connectivity index (χ1n) is 8.42. The van der Waals surface area contributed by atoms with Crippen LogP contribution in [0.25, 0.3) is 0 Å². The zero-order chi connectivity index (χ0) is 18.5. The van der Waals surface area contributed by atoms with Crippen LogP contribution in [0.2, 0.25) is 0 Å². The first kappa shape index (κ1) is 18.5. The summed E-state index contributed by atoms with van der Waals surface area (Å²) < 4.78 is 0. The number of carbonyl (C=O) groups excluding carboxylic acids is 1. The minimum atomic E-state index is -0.371. The van der Waals surface area contributed by atoms with E-state index in [-0.39, 0.29) is 18.0 Å². The lowest BCUT2D eigenvalue weighted by Gasteiger charge is -2.23. The number of amides is 1. The van der Waals surface area contributed by atoms with E-state index in [1.165, 1.54) is 4.88 Å². The third-order valence-electron chi connectivity index (χ3n) is 4.27. The maximum absolute atomic E-state index is 13.0. The molecule has 26 heavy (non-hydrogen) atoms. The zero-order valence-electron chi connectivity index (χ0n) is 14.8. The van der Waals surface area contributed by atoms with Crippen LogP contribution >= 0.6 is 22.7 Å². The second-order valence-electron chi connectivity index (χ2n) is 6.13. The molecule has 136 valence electrons. The first-order chi connectivity index (χ1) is 12.5. The van der Waals surface area contributed by atoms with Gasteiger partial charge in [-0.2, -0.15) is 4.98 Å². The van der Waals surface area contributed by atoms with Gasteiger partial charge in [-0.3, -0.25) is 4.79 Å². The molecule has 0 atom stereocenters. The maximum Gasteiger partial charge on any atom is 0.345 e. The number of carbonyl (C=O) groups is 1. The largest absolute Gasteiger partial charge is 0.345 e. The van der Waals surface area contributed by atoms with Gasteiger partial charge < -0.3 is 9.88 Å². The fourth-order valence-electron chi connectivity index (χ4n) is 2.86. The lowest BCUT2D eigenvalue weighted by Crippen LogP contribution is -2.34. The minimum absolute atomic E-state index is 0.0509. The normalized spacial score (nSPS) is 10.8. The predicted octanol–water partition coefficient (Wildman–Crippen LogP) is 3.32. The number of thiophene rings is 2. The third-order valence-corrected chi connectivity index (χ3v) is 6.07. The van der Waals surface area contributed by atoms with Crippen molar-refractivity contribution in [2.75, 3.05) is 6.54 Å². The molecular weight excluding hydrogens is 366 g/mol. The molecule has 0 spiro atoms. The van der Waals surface area contributed by atoms with Gasteiger partial charge in [0.05, 0.1) is 13.0 Å². The van der Waals surface area contributed by atoms with Crippen molar-refractivity contribution in [2.45, 2.75) is 33.2 Å². The molecule has 0 aliphatic rings. The van der Waals surface area contributed by atoms with Gasteiger partial charge in [0.1, 0.15) is 0 Å². The maximum atomic E-state index is 13.0. The molecule has 1 amide bonds. The number of aryl methyl sites for hydroxylation is 2. The SMILES string of the molecule is Cc1nc(=O)[nH]c(C)c1CC(=O)N(CCc1cccs1)Cc1cccs1. The fraction of sp³-hybridized carbons (Fsp3) is 0.316. The van der Waals surface area contributed by atoms with Crippen molar-refractivity contribution in [3.8, 4) is 0 Å². The number of aromatic amines is 1. The quantitative estimate of drug-likeness (QED) is 0.676. The van der Waals surface area contributed by atoms with Crippen LogP contribution in [-0.4, -0.2) is 27.3 Å². The van der Waals surface area contributed by atoms with E-state index in [1.54, 1.807) is 29.6 Å². The molecule has 0 unspecified atom stereocenters. The molecule has 1 N–H and O–H groups in total. The van der Waals surface area contributed by atoms with E-state index >= 15 is 0 Å². The summed E-state index contributed by atoms with van der Waals surface area (Å²) >= 11 is 3.37. The Balaban J connectivity index is 1.76. The molecule has 0 aromatic carbocycles. The minimum Gasteiger partial charge on any atom is -0.337 e. The molecule has 3 rings (SSSR count). The number of nitrogens with one attached hydrogen (secondary N) is 1. The van der Waals surface area contributed by atoms with Crippen LogP contribution in [0, 0.1) is 13.8 Å². The molecule has 3 aromatic heterocycles. The molecule has 0 aliphatic carbocycles. The van der Waals surface area contributed by atoms with Gasteiger partial charge in [0.2, 0.25) is 5.91 Å². The first-order valence-corrected chi connectivity index (χ1v) is 10.2. The van der Waals surface area contributed by atoms with Crippen molar-refractivity contribution in [3.05, 3.63) is 72.2 Å². The van der Waals surface area contributed by atoms with Crippen molar-refractivity contribution < 1.29 is 4.79 Å². The molecular formula is C19H21N3O2S2. The summed E-state index contributed by atoms with van der Waals surface area (Å²) in [6.45, 7) is 4.87. The summed E-state index contributed by atoms with van der Waals surface area (Å²) in [5, 5.41) is 4.08.